The minimum atomic E-state index is -0.749. The van der Waals surface area contributed by atoms with E-state index in [0.717, 1.165) is 0 Å². The molecule has 0 unspecified atom stereocenters. The predicted molar refractivity (Wildman–Crippen MR) is 112 cm³/mol. The van der Waals surface area contributed by atoms with Crippen molar-refractivity contribution in [3.05, 3.63) is 51.2 Å². The number of rotatable bonds is 4. The highest BCUT2D eigenvalue weighted by atomic mass is 19.1. The lowest BCUT2D eigenvalue weighted by molar-refractivity contribution is 0.0942. The van der Waals surface area contributed by atoms with Crippen molar-refractivity contribution < 1.29 is 19.1 Å². The third-order valence-electron chi connectivity index (χ3n) is 5.20. The number of hydrogen-bond acceptors (Lipinski definition) is 6. The van der Waals surface area contributed by atoms with Gasteiger partial charge in [-0.15, -0.1) is 0 Å². The van der Waals surface area contributed by atoms with Gasteiger partial charge in [-0.1, -0.05) is 12.1 Å². The number of hydrogen-bond donors (Lipinski definition) is 3. The minimum absolute atomic E-state index is 0.0798. The number of nitrogens with zero attached hydrogens (tertiary/aromatic N) is 4. The Hall–Kier alpha value is -3.63. The fourth-order valence-corrected chi connectivity index (χ4v) is 3.37. The van der Waals surface area contributed by atoms with Crippen LogP contribution in [0.5, 0.6) is 5.75 Å². The van der Waals surface area contributed by atoms with Crippen LogP contribution in [0.1, 0.15) is 21.6 Å². The Labute approximate surface area is 178 Å². The molecule has 0 radical (unpaired) electrons. The smallest absolute Gasteiger partial charge is 0.317 e. The first kappa shape index (κ1) is 22.1. The number of benzene rings is 1. The maximum Gasteiger partial charge on any atom is 0.317 e. The molecule has 1 aliphatic heterocycles. The third kappa shape index (κ3) is 4.60. The summed E-state index contributed by atoms with van der Waals surface area (Å²) in [5.74, 6) is -1.59. The molecule has 0 spiro atoms. The number of amides is 3. The van der Waals surface area contributed by atoms with E-state index in [2.05, 4.69) is 15.6 Å². The molecule has 1 aromatic heterocycles. The molecule has 3 N–H and O–H groups in total. The number of aromatic nitrogens is 2. The average molecular weight is 432 g/mol. The first-order valence-corrected chi connectivity index (χ1v) is 9.77. The zero-order valence-electron chi connectivity index (χ0n) is 17.6. The Kier molecular flexibility index (Phi) is 6.42. The summed E-state index contributed by atoms with van der Waals surface area (Å²) in [5.41, 5.74) is -0.0206. The van der Waals surface area contributed by atoms with Gasteiger partial charge in [-0.3, -0.25) is 14.2 Å². The summed E-state index contributed by atoms with van der Waals surface area (Å²) in [4.78, 5) is 44.5. The molecule has 1 aliphatic rings. The molecule has 31 heavy (non-hydrogen) atoms. The standard InChI is InChI=1S/C20H25FN6O4/c1-12-10-13(4-5-14(12)21)11-23-17(29)15-16(28)18(30)25(3)19(24-15)26-6-8-27(9-7-26)20(31)22-2/h4-5,10,28H,6-9,11H2,1-3H3,(H,22,31)(H,23,29). The largest absolute Gasteiger partial charge is 0.501 e. The summed E-state index contributed by atoms with van der Waals surface area (Å²) in [6.07, 6.45) is 0. The zero-order chi connectivity index (χ0) is 22.7. The van der Waals surface area contributed by atoms with Crippen molar-refractivity contribution in [2.45, 2.75) is 13.5 Å². The number of anilines is 1. The average Bonchev–Trinajstić information content (AvgIpc) is 2.78. The molecule has 3 amide bonds. The first-order chi connectivity index (χ1) is 14.7. The van der Waals surface area contributed by atoms with E-state index >= 15 is 0 Å². The second-order valence-electron chi connectivity index (χ2n) is 7.27. The van der Waals surface area contributed by atoms with Crippen LogP contribution in [0.15, 0.2) is 23.0 Å². The Bertz CT molecular complexity index is 1060. The highest BCUT2D eigenvalue weighted by Gasteiger charge is 2.26. The predicted octanol–water partition coefficient (Wildman–Crippen LogP) is 0.325. The molecule has 11 heteroatoms. The lowest BCUT2D eigenvalue weighted by atomic mass is 10.1. The topological polar surface area (TPSA) is 120 Å². The second-order valence-corrected chi connectivity index (χ2v) is 7.27. The van der Waals surface area contributed by atoms with Gasteiger partial charge >= 0.3 is 6.03 Å². The summed E-state index contributed by atoms with van der Waals surface area (Å²) in [6, 6.07) is 4.26. The van der Waals surface area contributed by atoms with Crippen molar-refractivity contribution in [1.82, 2.24) is 25.1 Å². The van der Waals surface area contributed by atoms with Gasteiger partial charge in [0, 0.05) is 46.8 Å². The lowest BCUT2D eigenvalue weighted by Crippen LogP contribution is -2.52. The van der Waals surface area contributed by atoms with Crippen molar-refractivity contribution in [1.29, 1.82) is 0 Å². The van der Waals surface area contributed by atoms with Gasteiger partial charge in [0.2, 0.25) is 11.7 Å². The van der Waals surface area contributed by atoms with Gasteiger partial charge in [0.15, 0.2) is 5.69 Å². The summed E-state index contributed by atoms with van der Waals surface area (Å²) in [5, 5.41) is 15.4. The van der Waals surface area contributed by atoms with E-state index < -0.39 is 17.2 Å². The van der Waals surface area contributed by atoms with E-state index in [0.29, 0.717) is 37.3 Å². The van der Waals surface area contributed by atoms with Gasteiger partial charge in [-0.05, 0) is 24.1 Å². The van der Waals surface area contributed by atoms with Crippen LogP contribution in [0.3, 0.4) is 0 Å². The van der Waals surface area contributed by atoms with E-state index in [1.54, 1.807) is 29.8 Å². The fraction of sp³-hybridized carbons (Fsp3) is 0.400. The third-order valence-corrected chi connectivity index (χ3v) is 5.20. The molecule has 0 bridgehead atoms. The SMILES string of the molecule is CNC(=O)N1CCN(c2nc(C(=O)NCc3ccc(F)c(C)c3)c(O)c(=O)n2C)CC1. The van der Waals surface area contributed by atoms with Gasteiger partial charge in [-0.25, -0.2) is 14.2 Å². The van der Waals surface area contributed by atoms with Gasteiger partial charge in [0.05, 0.1) is 0 Å². The van der Waals surface area contributed by atoms with E-state index in [9.17, 15) is 23.9 Å². The lowest BCUT2D eigenvalue weighted by Gasteiger charge is -2.35. The highest BCUT2D eigenvalue weighted by Crippen LogP contribution is 2.17. The van der Waals surface area contributed by atoms with Crippen LogP contribution in [0.2, 0.25) is 0 Å². The number of aryl methyl sites for hydroxylation is 1. The number of piperazine rings is 1. The molecular weight excluding hydrogens is 407 g/mol. The molecule has 1 saturated heterocycles. The van der Waals surface area contributed by atoms with E-state index in [4.69, 9.17) is 0 Å². The molecular formula is C20H25FN6O4. The van der Waals surface area contributed by atoms with Gasteiger partial charge < -0.3 is 25.5 Å². The Morgan fingerprint density at radius 1 is 1.23 bits per heavy atom. The second kappa shape index (κ2) is 9.02. The van der Waals surface area contributed by atoms with Crippen molar-refractivity contribution in [2.24, 2.45) is 7.05 Å². The van der Waals surface area contributed by atoms with Gasteiger partial charge in [-0.2, -0.15) is 0 Å². The van der Waals surface area contributed by atoms with E-state index in [1.165, 1.54) is 23.7 Å². The maximum absolute atomic E-state index is 13.4. The van der Waals surface area contributed by atoms with Crippen LogP contribution in [0.4, 0.5) is 15.1 Å². The van der Waals surface area contributed by atoms with E-state index in [1.807, 2.05) is 0 Å². The number of urea groups is 1. The number of carbonyl (C=O) groups excluding carboxylic acids is 2. The van der Waals surface area contributed by atoms with Crippen molar-refractivity contribution >= 4 is 17.9 Å². The molecule has 0 saturated carbocycles. The molecule has 0 aliphatic carbocycles. The summed E-state index contributed by atoms with van der Waals surface area (Å²) >= 11 is 0. The highest BCUT2D eigenvalue weighted by molar-refractivity contribution is 5.95. The quantitative estimate of drug-likeness (QED) is 0.640. The van der Waals surface area contributed by atoms with Gasteiger partial charge in [0.1, 0.15) is 5.82 Å². The maximum atomic E-state index is 13.4. The molecule has 0 atom stereocenters. The monoisotopic (exact) mass is 432 g/mol. The van der Waals surface area contributed by atoms with Gasteiger partial charge in [0.25, 0.3) is 11.5 Å². The Morgan fingerprint density at radius 3 is 2.52 bits per heavy atom. The molecule has 3 rings (SSSR count). The zero-order valence-corrected chi connectivity index (χ0v) is 17.6. The van der Waals surface area contributed by atoms with Crippen LogP contribution in [-0.2, 0) is 13.6 Å². The van der Waals surface area contributed by atoms with Crippen LogP contribution >= 0.6 is 0 Å². The van der Waals surface area contributed by atoms with E-state index in [-0.39, 0.29) is 30.0 Å². The Balaban J connectivity index is 1.79. The number of aromatic hydroxyl groups is 1. The fourth-order valence-electron chi connectivity index (χ4n) is 3.37. The van der Waals surface area contributed by atoms with Crippen LogP contribution in [0.25, 0.3) is 0 Å². The summed E-state index contributed by atoms with van der Waals surface area (Å²) in [6.45, 7) is 3.36. The minimum Gasteiger partial charge on any atom is -0.501 e. The van der Waals surface area contributed by atoms with Crippen LogP contribution in [-0.4, -0.2) is 64.7 Å². The summed E-state index contributed by atoms with van der Waals surface area (Å²) < 4.78 is 14.6. The molecule has 1 aromatic carbocycles. The summed E-state index contributed by atoms with van der Waals surface area (Å²) in [7, 11) is 3.01. The van der Waals surface area contributed by atoms with Crippen molar-refractivity contribution in [2.75, 3.05) is 38.1 Å². The number of nitrogens with one attached hydrogen (secondary N) is 2. The van der Waals surface area contributed by atoms with Crippen molar-refractivity contribution in [3.8, 4) is 5.75 Å². The molecule has 166 valence electrons. The molecule has 10 nitrogen and oxygen atoms in total. The number of carbonyl (C=O) groups is 2. The van der Waals surface area contributed by atoms with Crippen LogP contribution in [0, 0.1) is 12.7 Å². The first-order valence-electron chi connectivity index (χ1n) is 9.77. The van der Waals surface area contributed by atoms with Crippen molar-refractivity contribution in [3.63, 3.8) is 0 Å². The number of halogens is 1. The molecule has 2 heterocycles. The Morgan fingerprint density at radius 2 is 1.90 bits per heavy atom. The normalized spacial score (nSPS) is 13.8. The molecule has 2 aromatic rings. The molecule has 1 fully saturated rings. The van der Waals surface area contributed by atoms with Crippen LogP contribution < -0.4 is 21.1 Å².